The maximum absolute atomic E-state index is 13.2. The largest absolute Gasteiger partial charge is 0.274 e. The molecule has 6 nitrogen and oxygen atoms in total. The minimum absolute atomic E-state index is 0.0521. The van der Waals surface area contributed by atoms with E-state index < -0.39 is 0 Å². The molecule has 2 aromatic carbocycles. The molecule has 4 fully saturated rings. The van der Waals surface area contributed by atoms with Gasteiger partial charge in [-0.05, 0) is 91.2 Å². The van der Waals surface area contributed by atoms with Crippen LogP contribution in [0.15, 0.2) is 98.6 Å². The quantitative estimate of drug-likeness (QED) is 0.235. The first-order chi connectivity index (χ1) is 22.2. The van der Waals surface area contributed by atoms with E-state index >= 15 is 0 Å². The topological polar surface area (TPSA) is 74.8 Å². The standard InChI is InChI=1S/C32H30N2O4.2C4H8/c1-3-20-14-17(2)25-26(20)30(36)33(29(25)35)23-10-4-18(5-11-23)15-19-6-12-24(13-7-19)34-31(37)27-21-8-9-22(16-21)28(27)32(34)38;2*1-3-4-2/h3-13,17,20-22,25-28H,1,14-16H2,2H3;2*3H,1,4H2,2H3. The van der Waals surface area contributed by atoms with Crippen molar-refractivity contribution in [2.45, 2.75) is 52.9 Å². The van der Waals surface area contributed by atoms with Gasteiger partial charge < -0.3 is 0 Å². The van der Waals surface area contributed by atoms with E-state index in [2.05, 4.69) is 45.7 Å². The molecule has 3 aliphatic carbocycles. The zero-order valence-electron chi connectivity index (χ0n) is 27.3. The molecule has 8 atom stereocenters. The molecule has 8 unspecified atom stereocenters. The SMILES string of the molecule is C=CC1CC(C)C2C(=O)N(c3ccc(Cc4ccc(N5C(=O)C6C7C=CC(C7)C6C5=O)cc4)cc3)C(=O)C12.C=CCC.C=CCC. The molecule has 0 spiro atoms. The van der Waals surface area contributed by atoms with Crippen LogP contribution in [-0.4, -0.2) is 23.6 Å². The summed E-state index contributed by atoms with van der Waals surface area (Å²) in [7, 11) is 0. The van der Waals surface area contributed by atoms with Crippen LogP contribution in [0.3, 0.4) is 0 Å². The predicted molar refractivity (Wildman–Crippen MR) is 184 cm³/mol. The fourth-order valence-electron chi connectivity index (χ4n) is 7.90. The van der Waals surface area contributed by atoms with E-state index in [9.17, 15) is 19.2 Å². The van der Waals surface area contributed by atoms with Gasteiger partial charge in [-0.15, -0.1) is 19.7 Å². The second-order valence-corrected chi connectivity index (χ2v) is 13.1. The zero-order chi connectivity index (χ0) is 33.1. The van der Waals surface area contributed by atoms with E-state index in [-0.39, 0.29) is 71.0 Å². The summed E-state index contributed by atoms with van der Waals surface area (Å²) in [5.41, 5.74) is 3.34. The zero-order valence-corrected chi connectivity index (χ0v) is 27.3. The average molecular weight is 619 g/mol. The van der Waals surface area contributed by atoms with Crippen LogP contribution < -0.4 is 9.80 Å². The molecule has 0 radical (unpaired) electrons. The Bertz CT molecular complexity index is 1500. The van der Waals surface area contributed by atoms with E-state index in [1.807, 2.05) is 73.7 Å². The number of carbonyl (C=O) groups excluding carboxylic acids is 4. The van der Waals surface area contributed by atoms with Gasteiger partial charge in [-0.25, -0.2) is 0 Å². The molecule has 5 aliphatic rings. The van der Waals surface area contributed by atoms with Crippen LogP contribution in [0, 0.1) is 47.3 Å². The molecule has 2 bridgehead atoms. The summed E-state index contributed by atoms with van der Waals surface area (Å²) < 4.78 is 0. The molecule has 2 saturated carbocycles. The van der Waals surface area contributed by atoms with Crippen molar-refractivity contribution in [1.29, 1.82) is 0 Å². The molecule has 2 heterocycles. The summed E-state index contributed by atoms with van der Waals surface area (Å²) in [6.45, 7) is 17.0. The first-order valence-electron chi connectivity index (χ1n) is 16.7. The molecule has 240 valence electrons. The number of hydrogen-bond donors (Lipinski definition) is 0. The van der Waals surface area contributed by atoms with Crippen molar-refractivity contribution < 1.29 is 19.2 Å². The van der Waals surface area contributed by atoms with Crippen molar-refractivity contribution in [2.75, 3.05) is 9.80 Å². The van der Waals surface area contributed by atoms with Gasteiger partial charge in [0.2, 0.25) is 23.6 Å². The fraction of sp³-hybridized carbons (Fsp3) is 0.400. The molecule has 7 rings (SSSR count). The molecule has 46 heavy (non-hydrogen) atoms. The molecule has 2 aliphatic heterocycles. The summed E-state index contributed by atoms with van der Waals surface area (Å²) >= 11 is 0. The molecular formula is C40H46N2O4. The number of benzene rings is 2. The third kappa shape index (κ3) is 5.86. The third-order valence-corrected chi connectivity index (χ3v) is 10.3. The number of hydrogen-bond acceptors (Lipinski definition) is 4. The molecular weight excluding hydrogens is 572 g/mol. The second kappa shape index (κ2) is 14.0. The fourth-order valence-corrected chi connectivity index (χ4v) is 7.90. The van der Waals surface area contributed by atoms with Crippen LogP contribution in [0.2, 0.25) is 0 Å². The number of fused-ring (bicyclic) bond motifs is 6. The van der Waals surface area contributed by atoms with E-state index in [4.69, 9.17) is 0 Å². The lowest BCUT2D eigenvalue weighted by Gasteiger charge is -2.19. The lowest BCUT2D eigenvalue weighted by molar-refractivity contribution is -0.124. The Hall–Kier alpha value is -4.32. The van der Waals surface area contributed by atoms with Gasteiger partial charge in [0.15, 0.2) is 0 Å². The van der Waals surface area contributed by atoms with Gasteiger partial charge in [0.1, 0.15) is 0 Å². The highest BCUT2D eigenvalue weighted by atomic mass is 16.2. The predicted octanol–water partition coefficient (Wildman–Crippen LogP) is 7.70. The third-order valence-electron chi connectivity index (χ3n) is 10.3. The van der Waals surface area contributed by atoms with Crippen molar-refractivity contribution in [3.05, 3.63) is 110 Å². The van der Waals surface area contributed by atoms with Crippen LogP contribution in [0.4, 0.5) is 11.4 Å². The minimum atomic E-state index is -0.298. The van der Waals surface area contributed by atoms with Crippen LogP contribution in [0.5, 0.6) is 0 Å². The summed E-state index contributed by atoms with van der Waals surface area (Å²) in [5.74, 6) is -0.675. The summed E-state index contributed by atoms with van der Waals surface area (Å²) in [4.78, 5) is 55.2. The van der Waals surface area contributed by atoms with Gasteiger partial charge in [-0.3, -0.25) is 29.0 Å². The van der Waals surface area contributed by atoms with Crippen molar-refractivity contribution in [3.63, 3.8) is 0 Å². The Morgan fingerprint density at radius 2 is 1.02 bits per heavy atom. The minimum Gasteiger partial charge on any atom is -0.274 e. The maximum Gasteiger partial charge on any atom is 0.238 e. The summed E-state index contributed by atoms with van der Waals surface area (Å²) in [6.07, 6.45) is 14.4. The van der Waals surface area contributed by atoms with Gasteiger partial charge in [0, 0.05) is 0 Å². The number of allylic oxidation sites excluding steroid dienone is 5. The van der Waals surface area contributed by atoms with Crippen molar-refractivity contribution in [3.8, 4) is 0 Å². The second-order valence-electron chi connectivity index (χ2n) is 13.1. The Morgan fingerprint density at radius 1 is 0.630 bits per heavy atom. The highest BCUT2D eigenvalue weighted by molar-refractivity contribution is 6.23. The van der Waals surface area contributed by atoms with Crippen LogP contribution in [0.1, 0.15) is 57.6 Å². The van der Waals surface area contributed by atoms with Crippen LogP contribution in [-0.2, 0) is 25.6 Å². The van der Waals surface area contributed by atoms with E-state index in [0.717, 1.165) is 36.8 Å². The number of imide groups is 2. The Morgan fingerprint density at radius 3 is 1.41 bits per heavy atom. The van der Waals surface area contributed by atoms with Crippen molar-refractivity contribution >= 4 is 35.0 Å². The van der Waals surface area contributed by atoms with Gasteiger partial charge >= 0.3 is 0 Å². The number of amides is 4. The Labute approximate surface area is 273 Å². The molecule has 2 saturated heterocycles. The van der Waals surface area contributed by atoms with Gasteiger partial charge in [0.25, 0.3) is 0 Å². The van der Waals surface area contributed by atoms with Crippen LogP contribution >= 0.6 is 0 Å². The number of carbonyl (C=O) groups is 4. The molecule has 0 aromatic heterocycles. The van der Waals surface area contributed by atoms with E-state index in [0.29, 0.717) is 17.8 Å². The molecule has 2 aromatic rings. The van der Waals surface area contributed by atoms with Crippen molar-refractivity contribution in [1.82, 2.24) is 0 Å². The Kier molecular flexibility index (Phi) is 10.0. The summed E-state index contributed by atoms with van der Waals surface area (Å²) in [5, 5.41) is 0. The molecule has 4 amide bonds. The number of nitrogens with zero attached hydrogens (tertiary/aromatic N) is 2. The first-order valence-corrected chi connectivity index (χ1v) is 16.7. The van der Waals surface area contributed by atoms with E-state index in [1.54, 1.807) is 0 Å². The summed E-state index contributed by atoms with van der Waals surface area (Å²) in [6, 6.07) is 15.2. The Balaban J connectivity index is 0.000000470. The molecule has 6 heteroatoms. The normalized spacial score (nSPS) is 30.0. The maximum atomic E-state index is 13.2. The van der Waals surface area contributed by atoms with Crippen molar-refractivity contribution in [2.24, 2.45) is 47.3 Å². The monoisotopic (exact) mass is 618 g/mol. The lowest BCUT2D eigenvalue weighted by Crippen LogP contribution is -2.33. The molecule has 0 N–H and O–H groups in total. The number of anilines is 2. The average Bonchev–Trinajstić information content (AvgIpc) is 3.87. The smallest absolute Gasteiger partial charge is 0.238 e. The highest BCUT2D eigenvalue weighted by Crippen LogP contribution is 2.53. The van der Waals surface area contributed by atoms with Gasteiger partial charge in [-0.1, -0.05) is 75.4 Å². The lowest BCUT2D eigenvalue weighted by atomic mass is 9.85. The first kappa shape index (κ1) is 33.1. The van der Waals surface area contributed by atoms with Gasteiger partial charge in [0.05, 0.1) is 35.0 Å². The highest BCUT2D eigenvalue weighted by Gasteiger charge is 2.60. The number of rotatable bonds is 7. The van der Waals surface area contributed by atoms with Crippen LogP contribution in [0.25, 0.3) is 0 Å². The van der Waals surface area contributed by atoms with Gasteiger partial charge in [-0.2, -0.15) is 0 Å². The van der Waals surface area contributed by atoms with E-state index in [1.165, 1.54) is 9.80 Å².